The highest BCUT2D eigenvalue weighted by atomic mass is 16.4. The molecule has 0 fully saturated rings. The van der Waals surface area contributed by atoms with Gasteiger partial charge in [-0.1, -0.05) is 56.8 Å². The van der Waals surface area contributed by atoms with Gasteiger partial charge in [-0.15, -0.1) is 0 Å². The smallest absolute Gasteiger partial charge is 0.331 e. The lowest BCUT2D eigenvalue weighted by molar-refractivity contribution is -0.137. The highest BCUT2D eigenvalue weighted by molar-refractivity contribution is 5.86. The van der Waals surface area contributed by atoms with Crippen molar-refractivity contribution in [1.82, 2.24) is 0 Å². The number of hydrogen-bond acceptors (Lipinski definition) is 3. The first kappa shape index (κ1) is 25.4. The summed E-state index contributed by atoms with van der Waals surface area (Å²) < 4.78 is 0. The van der Waals surface area contributed by atoms with Crippen LogP contribution in [0.2, 0.25) is 0 Å². The molecule has 0 saturated carbocycles. The van der Waals surface area contributed by atoms with Crippen LogP contribution in [0.1, 0.15) is 96.8 Å². The standard InChI is InChI=1S/C22H38O5/c1-2-19(22(26)27)15-11-9-10-13-17-20(23)16-12-7-5-3-4-6-8-14-18-21(24)25/h2,7,12,20,23H,3-6,8-11,13-18H2,1H3,(H,24,25)(H,26,27)/b12-7-,19-2?/t20-/m0/s1. The van der Waals surface area contributed by atoms with Crippen molar-refractivity contribution in [3.8, 4) is 0 Å². The van der Waals surface area contributed by atoms with Crippen molar-refractivity contribution in [3.63, 3.8) is 0 Å². The quantitative estimate of drug-likeness (QED) is 0.166. The zero-order valence-electron chi connectivity index (χ0n) is 16.9. The molecule has 3 N–H and O–H groups in total. The maximum Gasteiger partial charge on any atom is 0.331 e. The molecule has 0 bridgehead atoms. The molecular weight excluding hydrogens is 344 g/mol. The summed E-state index contributed by atoms with van der Waals surface area (Å²) in [6.07, 6.45) is 17.9. The second kappa shape index (κ2) is 17.8. The van der Waals surface area contributed by atoms with Gasteiger partial charge in [0.1, 0.15) is 0 Å². The van der Waals surface area contributed by atoms with Crippen molar-refractivity contribution in [2.45, 2.75) is 103 Å². The highest BCUT2D eigenvalue weighted by Gasteiger charge is 2.05. The maximum atomic E-state index is 10.9. The first-order chi connectivity index (χ1) is 13.0. The number of carbonyl (C=O) groups is 2. The van der Waals surface area contributed by atoms with Crippen LogP contribution in [0.5, 0.6) is 0 Å². The van der Waals surface area contributed by atoms with Gasteiger partial charge in [0.05, 0.1) is 6.10 Å². The molecule has 0 aromatic heterocycles. The van der Waals surface area contributed by atoms with E-state index in [9.17, 15) is 14.7 Å². The Bertz CT molecular complexity index is 454. The van der Waals surface area contributed by atoms with Gasteiger partial charge in [0.25, 0.3) is 0 Å². The van der Waals surface area contributed by atoms with E-state index in [4.69, 9.17) is 10.2 Å². The van der Waals surface area contributed by atoms with Crippen LogP contribution >= 0.6 is 0 Å². The molecule has 0 unspecified atom stereocenters. The Balaban J connectivity index is 3.45. The number of unbranched alkanes of at least 4 members (excludes halogenated alkanes) is 8. The van der Waals surface area contributed by atoms with E-state index in [0.29, 0.717) is 18.4 Å². The molecule has 0 spiro atoms. The predicted molar refractivity (Wildman–Crippen MR) is 109 cm³/mol. The van der Waals surface area contributed by atoms with E-state index in [1.165, 1.54) is 0 Å². The molecule has 27 heavy (non-hydrogen) atoms. The zero-order chi connectivity index (χ0) is 20.3. The van der Waals surface area contributed by atoms with E-state index in [1.54, 1.807) is 13.0 Å². The molecule has 0 heterocycles. The molecule has 0 radical (unpaired) electrons. The fourth-order valence-electron chi connectivity index (χ4n) is 2.98. The molecule has 0 amide bonds. The topological polar surface area (TPSA) is 94.8 Å². The fourth-order valence-corrected chi connectivity index (χ4v) is 2.98. The normalized spacial score (nSPS) is 13.2. The van der Waals surface area contributed by atoms with Gasteiger partial charge in [0.2, 0.25) is 0 Å². The number of aliphatic hydroxyl groups is 1. The Morgan fingerprint density at radius 1 is 0.815 bits per heavy atom. The van der Waals surface area contributed by atoms with Gasteiger partial charge in [-0.3, -0.25) is 4.79 Å². The van der Waals surface area contributed by atoms with Crippen molar-refractivity contribution in [2.24, 2.45) is 0 Å². The first-order valence-electron chi connectivity index (χ1n) is 10.4. The van der Waals surface area contributed by atoms with Crippen LogP contribution in [-0.4, -0.2) is 33.4 Å². The first-order valence-corrected chi connectivity index (χ1v) is 10.4. The van der Waals surface area contributed by atoms with Crippen molar-refractivity contribution in [2.75, 3.05) is 0 Å². The Kier molecular flexibility index (Phi) is 16.7. The minimum absolute atomic E-state index is 0.275. The van der Waals surface area contributed by atoms with Crippen molar-refractivity contribution in [1.29, 1.82) is 0 Å². The summed E-state index contributed by atoms with van der Waals surface area (Å²) >= 11 is 0. The molecule has 0 saturated heterocycles. The number of hydrogen-bond donors (Lipinski definition) is 3. The average Bonchev–Trinajstić information content (AvgIpc) is 2.62. The highest BCUT2D eigenvalue weighted by Crippen LogP contribution is 2.13. The largest absolute Gasteiger partial charge is 0.481 e. The summed E-state index contributed by atoms with van der Waals surface area (Å²) in [5.41, 5.74) is 0.487. The van der Waals surface area contributed by atoms with E-state index in [0.717, 1.165) is 70.6 Å². The van der Waals surface area contributed by atoms with Crippen LogP contribution in [0.25, 0.3) is 0 Å². The maximum absolute atomic E-state index is 10.9. The Hall–Kier alpha value is -1.62. The summed E-state index contributed by atoms with van der Waals surface area (Å²) in [5.74, 6) is -1.53. The van der Waals surface area contributed by atoms with Gasteiger partial charge < -0.3 is 15.3 Å². The van der Waals surface area contributed by atoms with Gasteiger partial charge in [0, 0.05) is 12.0 Å². The van der Waals surface area contributed by atoms with E-state index >= 15 is 0 Å². The summed E-state index contributed by atoms with van der Waals surface area (Å²) in [4.78, 5) is 21.2. The third kappa shape index (κ3) is 17.5. The number of aliphatic hydroxyl groups excluding tert-OH is 1. The number of carboxylic acids is 2. The Labute approximate surface area is 164 Å². The molecule has 0 aliphatic carbocycles. The fraction of sp³-hybridized carbons (Fsp3) is 0.727. The van der Waals surface area contributed by atoms with Crippen LogP contribution in [0, 0.1) is 0 Å². The lowest BCUT2D eigenvalue weighted by atomic mass is 10.0. The molecular formula is C22H38O5. The number of carboxylic acid groups (broad SMARTS) is 2. The van der Waals surface area contributed by atoms with E-state index in [1.807, 2.05) is 0 Å². The zero-order valence-corrected chi connectivity index (χ0v) is 16.9. The Morgan fingerprint density at radius 3 is 2.04 bits per heavy atom. The van der Waals surface area contributed by atoms with Gasteiger partial charge in [-0.2, -0.15) is 0 Å². The molecule has 0 aliphatic rings. The monoisotopic (exact) mass is 382 g/mol. The summed E-state index contributed by atoms with van der Waals surface area (Å²) in [6, 6.07) is 0. The molecule has 156 valence electrons. The number of allylic oxidation sites excluding steroid dienone is 2. The molecule has 0 aromatic rings. The number of rotatable bonds is 18. The summed E-state index contributed by atoms with van der Waals surface area (Å²) in [7, 11) is 0. The van der Waals surface area contributed by atoms with Crippen molar-refractivity contribution >= 4 is 11.9 Å². The molecule has 0 aromatic carbocycles. The lowest BCUT2D eigenvalue weighted by Gasteiger charge is -2.08. The van der Waals surface area contributed by atoms with Crippen LogP contribution in [0.3, 0.4) is 0 Å². The van der Waals surface area contributed by atoms with Gasteiger partial charge in [-0.05, 0) is 51.9 Å². The molecule has 0 aliphatic heterocycles. The number of aliphatic carboxylic acids is 2. The van der Waals surface area contributed by atoms with E-state index < -0.39 is 11.9 Å². The molecule has 5 nitrogen and oxygen atoms in total. The summed E-state index contributed by atoms with van der Waals surface area (Å²) in [6.45, 7) is 1.76. The minimum atomic E-state index is -0.821. The summed E-state index contributed by atoms with van der Waals surface area (Å²) in [5, 5.41) is 27.4. The van der Waals surface area contributed by atoms with E-state index in [2.05, 4.69) is 12.2 Å². The molecule has 0 rings (SSSR count). The molecule has 5 heteroatoms. The third-order valence-corrected chi connectivity index (χ3v) is 4.69. The van der Waals surface area contributed by atoms with Crippen LogP contribution in [-0.2, 0) is 9.59 Å². The SMILES string of the molecule is CC=C(CCCCCC[C@@H](O)C/C=C\CCCCCCCC(=O)O)C(=O)O. The van der Waals surface area contributed by atoms with Crippen molar-refractivity contribution < 1.29 is 24.9 Å². The van der Waals surface area contributed by atoms with Gasteiger partial charge >= 0.3 is 11.9 Å². The molecule has 1 atom stereocenters. The second-order valence-electron chi connectivity index (χ2n) is 7.13. The minimum Gasteiger partial charge on any atom is -0.481 e. The van der Waals surface area contributed by atoms with E-state index in [-0.39, 0.29) is 12.5 Å². The van der Waals surface area contributed by atoms with Crippen LogP contribution in [0.15, 0.2) is 23.8 Å². The average molecular weight is 383 g/mol. The second-order valence-corrected chi connectivity index (χ2v) is 7.13. The van der Waals surface area contributed by atoms with Gasteiger partial charge in [-0.25, -0.2) is 4.79 Å². The van der Waals surface area contributed by atoms with Crippen molar-refractivity contribution in [3.05, 3.63) is 23.8 Å². The van der Waals surface area contributed by atoms with Gasteiger partial charge in [0.15, 0.2) is 0 Å². The van der Waals surface area contributed by atoms with Crippen LogP contribution in [0.4, 0.5) is 0 Å². The van der Waals surface area contributed by atoms with Crippen LogP contribution < -0.4 is 0 Å². The predicted octanol–water partition coefficient (Wildman–Crippen LogP) is 5.48. The Morgan fingerprint density at radius 2 is 1.41 bits per heavy atom. The lowest BCUT2D eigenvalue weighted by Crippen LogP contribution is -2.04. The third-order valence-electron chi connectivity index (χ3n) is 4.69.